The first-order chi connectivity index (χ1) is 10.8. The van der Waals surface area contributed by atoms with E-state index < -0.39 is 26.2 Å². The molecular formula is C16H22N2O4Si. The van der Waals surface area contributed by atoms with Crippen LogP contribution in [0, 0.1) is 0 Å². The maximum Gasteiger partial charge on any atom is 0.431 e. The van der Waals surface area contributed by atoms with Crippen LogP contribution in [0.4, 0.5) is 4.79 Å². The third-order valence-electron chi connectivity index (χ3n) is 3.64. The van der Waals surface area contributed by atoms with Crippen LogP contribution in [0.2, 0.25) is 19.6 Å². The molecule has 0 unspecified atom stereocenters. The topological polar surface area (TPSA) is 68.2 Å². The highest BCUT2D eigenvalue weighted by molar-refractivity contribution is 7.04. The van der Waals surface area contributed by atoms with Gasteiger partial charge in [0.15, 0.2) is 6.04 Å². The number of carbonyl (C=O) groups excluding carboxylic acids is 2. The van der Waals surface area contributed by atoms with Crippen molar-refractivity contribution in [3.63, 3.8) is 0 Å². The molecule has 0 bridgehead atoms. The van der Waals surface area contributed by atoms with Crippen LogP contribution in [0.3, 0.4) is 0 Å². The molecule has 1 aromatic carbocycles. The lowest BCUT2D eigenvalue weighted by Gasteiger charge is -2.19. The third kappa shape index (κ3) is 4.19. The van der Waals surface area contributed by atoms with Crippen LogP contribution >= 0.6 is 0 Å². The molecule has 1 amide bonds. The second-order valence-corrected chi connectivity index (χ2v) is 11.5. The zero-order valence-electron chi connectivity index (χ0n) is 13.9. The second-order valence-electron chi connectivity index (χ2n) is 6.42. The molecule has 1 aromatic rings. The number of carbonyl (C=O) groups is 2. The molecule has 1 aliphatic heterocycles. The summed E-state index contributed by atoms with van der Waals surface area (Å²) in [5.74, 6) is -0.473. The molecule has 0 aliphatic carbocycles. The van der Waals surface area contributed by atoms with E-state index in [4.69, 9.17) is 9.47 Å². The highest BCUT2D eigenvalue weighted by Gasteiger charge is 2.41. The number of rotatable bonds is 4. The van der Waals surface area contributed by atoms with Gasteiger partial charge in [-0.3, -0.25) is 0 Å². The molecule has 0 aromatic heterocycles. The van der Waals surface area contributed by atoms with Gasteiger partial charge in [0.25, 0.3) is 0 Å². The van der Waals surface area contributed by atoms with Crippen molar-refractivity contribution in [2.75, 3.05) is 7.11 Å². The molecule has 1 heterocycles. The van der Waals surface area contributed by atoms with E-state index in [2.05, 4.69) is 24.7 Å². The van der Waals surface area contributed by atoms with Crippen molar-refractivity contribution >= 4 is 25.5 Å². The fourth-order valence-corrected chi connectivity index (χ4v) is 3.45. The Balaban J connectivity index is 2.10. The minimum absolute atomic E-state index is 0.141. The number of benzene rings is 1. The van der Waals surface area contributed by atoms with Gasteiger partial charge in [-0.1, -0.05) is 50.0 Å². The Bertz CT molecular complexity index is 610. The van der Waals surface area contributed by atoms with Crippen molar-refractivity contribution in [3.8, 4) is 0 Å². The Morgan fingerprint density at radius 1 is 1.26 bits per heavy atom. The van der Waals surface area contributed by atoms with Gasteiger partial charge in [0.1, 0.15) is 6.61 Å². The van der Waals surface area contributed by atoms with E-state index in [-0.39, 0.29) is 6.61 Å². The standard InChI is InChI=1S/C16H22N2O4Si/c1-21-15(19)13-10-14(23(2,3)4)17-18(13)16(20)22-11-12-8-6-5-7-9-12/h5-9,13H,10-11H2,1-4H3/t13-/m0/s1. The summed E-state index contributed by atoms with van der Waals surface area (Å²) in [6, 6.07) is 8.64. The first-order valence-electron chi connectivity index (χ1n) is 7.48. The molecule has 0 saturated heterocycles. The van der Waals surface area contributed by atoms with Crippen molar-refractivity contribution in [2.45, 2.75) is 38.7 Å². The molecule has 2 rings (SSSR count). The van der Waals surface area contributed by atoms with Gasteiger partial charge in [0, 0.05) is 11.8 Å². The van der Waals surface area contributed by atoms with Crippen LogP contribution < -0.4 is 0 Å². The molecule has 0 spiro atoms. The number of nitrogens with zero attached hydrogens (tertiary/aromatic N) is 2. The lowest BCUT2D eigenvalue weighted by Crippen LogP contribution is -2.40. The Morgan fingerprint density at radius 2 is 1.91 bits per heavy atom. The van der Waals surface area contributed by atoms with Crippen LogP contribution in [0.5, 0.6) is 0 Å². The maximum absolute atomic E-state index is 12.3. The molecule has 0 N–H and O–H groups in total. The number of ether oxygens (including phenoxy) is 2. The average Bonchev–Trinajstić information content (AvgIpc) is 2.98. The predicted molar refractivity (Wildman–Crippen MR) is 89.7 cm³/mol. The maximum atomic E-state index is 12.3. The summed E-state index contributed by atoms with van der Waals surface area (Å²) in [4.78, 5) is 24.3. The first kappa shape index (κ1) is 17.2. The largest absolute Gasteiger partial charge is 0.467 e. The SMILES string of the molecule is COC(=O)[C@@H]1CC([Si](C)(C)C)=NN1C(=O)OCc1ccccc1. The molecule has 1 atom stereocenters. The number of hydrazone groups is 1. The number of esters is 1. The van der Waals surface area contributed by atoms with Crippen molar-refractivity contribution in [2.24, 2.45) is 5.10 Å². The molecule has 23 heavy (non-hydrogen) atoms. The van der Waals surface area contributed by atoms with Gasteiger partial charge in [-0.15, -0.1) is 0 Å². The summed E-state index contributed by atoms with van der Waals surface area (Å²) < 4.78 is 10.1. The summed E-state index contributed by atoms with van der Waals surface area (Å²) in [6.07, 6.45) is -0.208. The highest BCUT2D eigenvalue weighted by Crippen LogP contribution is 2.23. The average molecular weight is 334 g/mol. The zero-order valence-corrected chi connectivity index (χ0v) is 14.9. The highest BCUT2D eigenvalue weighted by atomic mass is 28.3. The van der Waals surface area contributed by atoms with Gasteiger partial charge < -0.3 is 9.47 Å². The van der Waals surface area contributed by atoms with E-state index in [0.717, 1.165) is 15.9 Å². The molecule has 7 heteroatoms. The lowest BCUT2D eigenvalue weighted by atomic mass is 10.2. The summed E-state index contributed by atoms with van der Waals surface area (Å²) in [6.45, 7) is 6.51. The van der Waals surface area contributed by atoms with Gasteiger partial charge >= 0.3 is 12.1 Å². The van der Waals surface area contributed by atoms with E-state index in [0.29, 0.717) is 6.42 Å². The molecule has 6 nitrogen and oxygen atoms in total. The molecule has 124 valence electrons. The first-order valence-corrected chi connectivity index (χ1v) is 11.0. The quantitative estimate of drug-likeness (QED) is 0.627. The summed E-state index contributed by atoms with van der Waals surface area (Å²) in [5, 5.41) is 6.39. The van der Waals surface area contributed by atoms with Crippen LogP contribution in [0.25, 0.3) is 0 Å². The number of hydrogen-bond donors (Lipinski definition) is 0. The minimum Gasteiger partial charge on any atom is -0.467 e. The van der Waals surface area contributed by atoms with Crippen molar-refractivity contribution in [1.82, 2.24) is 5.01 Å². The van der Waals surface area contributed by atoms with Gasteiger partial charge in [-0.25, -0.2) is 9.59 Å². The van der Waals surface area contributed by atoms with E-state index in [1.165, 1.54) is 7.11 Å². The Kier molecular flexibility index (Phi) is 5.20. The minimum atomic E-state index is -1.71. The third-order valence-corrected chi connectivity index (χ3v) is 5.68. The molecule has 0 saturated carbocycles. The van der Waals surface area contributed by atoms with Crippen LogP contribution in [-0.2, 0) is 20.9 Å². The Hall–Kier alpha value is -2.15. The fraction of sp³-hybridized carbons (Fsp3) is 0.438. The zero-order chi connectivity index (χ0) is 17.0. The molecule has 0 fully saturated rings. The Labute approximate surface area is 137 Å². The number of amides is 1. The van der Waals surface area contributed by atoms with Crippen LogP contribution in [-0.4, -0.2) is 43.6 Å². The lowest BCUT2D eigenvalue weighted by molar-refractivity contribution is -0.145. The van der Waals surface area contributed by atoms with Gasteiger partial charge in [-0.2, -0.15) is 10.1 Å². The molecule has 0 radical (unpaired) electrons. The van der Waals surface area contributed by atoms with Crippen molar-refractivity contribution < 1.29 is 19.1 Å². The number of methoxy groups -OCH3 is 1. The molecule has 1 aliphatic rings. The van der Waals surface area contributed by atoms with Gasteiger partial charge in [-0.05, 0) is 5.56 Å². The van der Waals surface area contributed by atoms with E-state index >= 15 is 0 Å². The smallest absolute Gasteiger partial charge is 0.431 e. The van der Waals surface area contributed by atoms with Crippen LogP contribution in [0.15, 0.2) is 35.4 Å². The van der Waals surface area contributed by atoms with E-state index in [9.17, 15) is 9.59 Å². The monoisotopic (exact) mass is 334 g/mol. The summed E-state index contributed by atoms with van der Waals surface area (Å²) in [7, 11) is -0.398. The summed E-state index contributed by atoms with van der Waals surface area (Å²) >= 11 is 0. The van der Waals surface area contributed by atoms with Gasteiger partial charge in [0.2, 0.25) is 0 Å². The molecular weight excluding hydrogens is 312 g/mol. The normalized spacial score (nSPS) is 17.7. The van der Waals surface area contributed by atoms with Crippen molar-refractivity contribution in [1.29, 1.82) is 0 Å². The van der Waals surface area contributed by atoms with Gasteiger partial charge in [0.05, 0.1) is 15.2 Å². The van der Waals surface area contributed by atoms with E-state index in [1.54, 1.807) is 0 Å². The van der Waals surface area contributed by atoms with Crippen molar-refractivity contribution in [3.05, 3.63) is 35.9 Å². The van der Waals surface area contributed by atoms with Crippen LogP contribution in [0.1, 0.15) is 12.0 Å². The fourth-order valence-electron chi connectivity index (χ4n) is 2.24. The number of hydrogen-bond acceptors (Lipinski definition) is 5. The summed E-state index contributed by atoms with van der Waals surface area (Å²) in [5.41, 5.74) is 0.879. The predicted octanol–water partition coefficient (Wildman–Crippen LogP) is 2.80. The van der Waals surface area contributed by atoms with E-state index in [1.807, 2.05) is 30.3 Å². The second kappa shape index (κ2) is 6.95. The Morgan fingerprint density at radius 3 is 2.48 bits per heavy atom.